The summed E-state index contributed by atoms with van der Waals surface area (Å²) < 4.78 is 1.48. The van der Waals surface area contributed by atoms with E-state index in [2.05, 4.69) is 15.6 Å². The molecule has 0 atom stereocenters. The molecule has 162 valence electrons. The summed E-state index contributed by atoms with van der Waals surface area (Å²) in [6.45, 7) is 4.15. The molecule has 7 nitrogen and oxygen atoms in total. The number of carbonyl (C=O) groups excluding carboxylic acids is 2. The molecule has 0 saturated heterocycles. The maximum absolute atomic E-state index is 12.7. The van der Waals surface area contributed by atoms with Crippen molar-refractivity contribution in [2.75, 3.05) is 5.32 Å². The van der Waals surface area contributed by atoms with E-state index < -0.39 is 0 Å². The van der Waals surface area contributed by atoms with Crippen LogP contribution in [0.5, 0.6) is 0 Å². The number of carbonyl (C=O) groups is 2. The first-order valence-corrected chi connectivity index (χ1v) is 11.4. The molecule has 1 fully saturated rings. The topological polar surface area (TPSA) is 93.1 Å². The van der Waals surface area contributed by atoms with E-state index in [4.69, 9.17) is 0 Å². The predicted molar refractivity (Wildman–Crippen MR) is 123 cm³/mol. The van der Waals surface area contributed by atoms with Crippen LogP contribution in [0.1, 0.15) is 52.9 Å². The van der Waals surface area contributed by atoms with Crippen molar-refractivity contribution in [3.63, 3.8) is 0 Å². The Labute approximate surface area is 184 Å². The molecule has 8 heteroatoms. The van der Waals surface area contributed by atoms with E-state index in [1.165, 1.54) is 35.1 Å². The number of thiophene rings is 1. The molecule has 1 aliphatic rings. The van der Waals surface area contributed by atoms with E-state index in [0.717, 1.165) is 28.1 Å². The fraction of sp³-hybridized carbons (Fsp3) is 0.391. The van der Waals surface area contributed by atoms with Crippen molar-refractivity contribution in [2.24, 2.45) is 0 Å². The van der Waals surface area contributed by atoms with Gasteiger partial charge in [0.25, 0.3) is 11.5 Å². The summed E-state index contributed by atoms with van der Waals surface area (Å²) in [5.41, 5.74) is 2.04. The lowest BCUT2D eigenvalue weighted by molar-refractivity contribution is -0.116. The fourth-order valence-electron chi connectivity index (χ4n) is 3.92. The van der Waals surface area contributed by atoms with Gasteiger partial charge in [-0.25, -0.2) is 4.98 Å². The molecular weight excluding hydrogens is 412 g/mol. The number of benzene rings is 1. The van der Waals surface area contributed by atoms with Crippen LogP contribution >= 0.6 is 11.3 Å². The SMILES string of the molecule is Cc1sc2ncn(CCC(=O)Nc3ccc(C(=O)NC4CCCC4)cc3)c(=O)c2c1C. The van der Waals surface area contributed by atoms with Gasteiger partial charge in [0, 0.05) is 35.1 Å². The molecule has 0 aliphatic heterocycles. The number of amides is 2. The van der Waals surface area contributed by atoms with Gasteiger partial charge in [-0.2, -0.15) is 0 Å². The number of hydrogen-bond donors (Lipinski definition) is 2. The number of aromatic nitrogens is 2. The Morgan fingerprint density at radius 2 is 1.87 bits per heavy atom. The number of aryl methyl sites for hydroxylation is 3. The third-order valence-corrected chi connectivity index (χ3v) is 6.97. The molecule has 0 unspecified atom stereocenters. The minimum Gasteiger partial charge on any atom is -0.349 e. The van der Waals surface area contributed by atoms with Crippen molar-refractivity contribution in [1.29, 1.82) is 0 Å². The molecule has 0 spiro atoms. The summed E-state index contributed by atoms with van der Waals surface area (Å²) >= 11 is 1.51. The van der Waals surface area contributed by atoms with Crippen molar-refractivity contribution < 1.29 is 9.59 Å². The standard InChI is InChI=1S/C23H26N4O3S/c1-14-15(2)31-22-20(14)23(30)27(13-24-22)12-11-19(28)25-18-9-7-16(8-10-18)21(29)26-17-5-3-4-6-17/h7-10,13,17H,3-6,11-12H2,1-2H3,(H,25,28)(H,26,29). The molecule has 2 heterocycles. The summed E-state index contributed by atoms with van der Waals surface area (Å²) in [5.74, 6) is -0.278. The van der Waals surface area contributed by atoms with Gasteiger partial charge in [-0.15, -0.1) is 11.3 Å². The average molecular weight is 439 g/mol. The number of nitrogens with one attached hydrogen (secondary N) is 2. The number of rotatable bonds is 6. The quantitative estimate of drug-likeness (QED) is 0.613. The zero-order chi connectivity index (χ0) is 22.0. The minimum absolute atomic E-state index is 0.0778. The summed E-state index contributed by atoms with van der Waals surface area (Å²) in [5, 5.41) is 6.51. The Hall–Kier alpha value is -3.00. The second-order valence-corrected chi connectivity index (χ2v) is 9.24. The molecule has 2 N–H and O–H groups in total. The minimum atomic E-state index is -0.201. The number of nitrogens with zero attached hydrogens (tertiary/aromatic N) is 2. The van der Waals surface area contributed by atoms with Gasteiger partial charge in [-0.3, -0.25) is 19.0 Å². The summed E-state index contributed by atoms with van der Waals surface area (Å²) in [6, 6.07) is 7.14. The van der Waals surface area contributed by atoms with Gasteiger partial charge < -0.3 is 10.6 Å². The van der Waals surface area contributed by atoms with Gasteiger partial charge in [0.2, 0.25) is 5.91 Å². The van der Waals surface area contributed by atoms with Crippen LogP contribution < -0.4 is 16.2 Å². The Balaban J connectivity index is 1.34. The third kappa shape index (κ3) is 4.69. The van der Waals surface area contributed by atoms with Crippen LogP contribution in [0.15, 0.2) is 35.4 Å². The summed E-state index contributed by atoms with van der Waals surface area (Å²) in [4.78, 5) is 43.6. The van der Waals surface area contributed by atoms with E-state index in [1.807, 2.05) is 13.8 Å². The number of anilines is 1. The first-order chi connectivity index (χ1) is 14.9. The molecule has 31 heavy (non-hydrogen) atoms. The maximum atomic E-state index is 12.7. The van der Waals surface area contributed by atoms with Crippen molar-refractivity contribution >= 4 is 39.1 Å². The van der Waals surface area contributed by atoms with Crippen LogP contribution in [-0.4, -0.2) is 27.4 Å². The monoisotopic (exact) mass is 438 g/mol. The van der Waals surface area contributed by atoms with Crippen LogP contribution in [0.25, 0.3) is 10.2 Å². The normalized spacial score (nSPS) is 14.1. The van der Waals surface area contributed by atoms with E-state index in [9.17, 15) is 14.4 Å². The van der Waals surface area contributed by atoms with Gasteiger partial charge in [0.15, 0.2) is 0 Å². The van der Waals surface area contributed by atoms with Crippen LogP contribution in [-0.2, 0) is 11.3 Å². The molecule has 0 bridgehead atoms. The fourth-order valence-corrected chi connectivity index (χ4v) is 4.91. The highest BCUT2D eigenvalue weighted by atomic mass is 32.1. The first-order valence-electron chi connectivity index (χ1n) is 10.6. The van der Waals surface area contributed by atoms with Crippen LogP contribution in [0.3, 0.4) is 0 Å². The first kappa shape index (κ1) is 21.2. The molecular formula is C23H26N4O3S. The number of hydrogen-bond acceptors (Lipinski definition) is 5. The Kier molecular flexibility index (Phi) is 6.18. The average Bonchev–Trinajstić information content (AvgIpc) is 3.36. The van der Waals surface area contributed by atoms with E-state index in [-0.39, 0.29) is 36.4 Å². The van der Waals surface area contributed by atoms with Crippen LogP contribution in [0.2, 0.25) is 0 Å². The zero-order valence-electron chi connectivity index (χ0n) is 17.7. The lowest BCUT2D eigenvalue weighted by atomic mass is 10.1. The van der Waals surface area contributed by atoms with Crippen LogP contribution in [0.4, 0.5) is 5.69 Å². The molecule has 2 aromatic heterocycles. The predicted octanol–water partition coefficient (Wildman–Crippen LogP) is 3.78. The summed E-state index contributed by atoms with van der Waals surface area (Å²) in [6.07, 6.45) is 6.06. The summed E-state index contributed by atoms with van der Waals surface area (Å²) in [7, 11) is 0. The van der Waals surface area contributed by atoms with Gasteiger partial charge in [0.1, 0.15) is 4.83 Å². The zero-order valence-corrected chi connectivity index (χ0v) is 18.6. The Morgan fingerprint density at radius 3 is 2.58 bits per heavy atom. The lowest BCUT2D eigenvalue weighted by Crippen LogP contribution is -2.32. The Morgan fingerprint density at radius 1 is 1.16 bits per heavy atom. The highest BCUT2D eigenvalue weighted by Crippen LogP contribution is 2.25. The maximum Gasteiger partial charge on any atom is 0.262 e. The highest BCUT2D eigenvalue weighted by molar-refractivity contribution is 7.18. The van der Waals surface area contributed by atoms with Crippen molar-refractivity contribution in [1.82, 2.24) is 14.9 Å². The van der Waals surface area contributed by atoms with Gasteiger partial charge in [0.05, 0.1) is 11.7 Å². The smallest absolute Gasteiger partial charge is 0.262 e. The largest absolute Gasteiger partial charge is 0.349 e. The Bertz CT molecular complexity index is 1170. The molecule has 0 radical (unpaired) electrons. The van der Waals surface area contributed by atoms with Crippen molar-refractivity contribution in [3.05, 3.63) is 57.0 Å². The van der Waals surface area contributed by atoms with E-state index in [1.54, 1.807) is 24.3 Å². The molecule has 4 rings (SSSR count). The molecule has 2 amide bonds. The van der Waals surface area contributed by atoms with Gasteiger partial charge >= 0.3 is 0 Å². The van der Waals surface area contributed by atoms with Gasteiger partial charge in [-0.05, 0) is 56.5 Å². The molecule has 1 aliphatic carbocycles. The molecule has 3 aromatic rings. The van der Waals surface area contributed by atoms with Crippen LogP contribution in [0, 0.1) is 13.8 Å². The van der Waals surface area contributed by atoms with E-state index >= 15 is 0 Å². The lowest BCUT2D eigenvalue weighted by Gasteiger charge is -2.12. The second kappa shape index (κ2) is 9.01. The second-order valence-electron chi connectivity index (χ2n) is 8.04. The third-order valence-electron chi connectivity index (χ3n) is 5.86. The van der Waals surface area contributed by atoms with Gasteiger partial charge in [-0.1, -0.05) is 12.8 Å². The van der Waals surface area contributed by atoms with E-state index in [0.29, 0.717) is 16.6 Å². The molecule has 1 saturated carbocycles. The van der Waals surface area contributed by atoms with Crippen molar-refractivity contribution in [2.45, 2.75) is 58.5 Å². The molecule has 1 aromatic carbocycles. The van der Waals surface area contributed by atoms with Crippen molar-refractivity contribution in [3.8, 4) is 0 Å². The highest BCUT2D eigenvalue weighted by Gasteiger charge is 2.18. The number of fused-ring (bicyclic) bond motifs is 1.